The lowest BCUT2D eigenvalue weighted by Crippen LogP contribution is -2.51. The van der Waals surface area contributed by atoms with Crippen LogP contribution in [0.2, 0.25) is 0 Å². The minimum absolute atomic E-state index is 0.0263. The third-order valence-electron chi connectivity index (χ3n) is 3.87. The molecule has 1 aliphatic carbocycles. The predicted octanol–water partition coefficient (Wildman–Crippen LogP) is 4.06. The maximum absolute atomic E-state index is 6.26. The van der Waals surface area contributed by atoms with Gasteiger partial charge in [0.1, 0.15) is 0 Å². The minimum Gasteiger partial charge on any atom is -0.373 e. The van der Waals surface area contributed by atoms with Gasteiger partial charge < -0.3 is 10.1 Å². The molecule has 2 heteroatoms. The van der Waals surface area contributed by atoms with Crippen LogP contribution in [-0.4, -0.2) is 24.8 Å². The second kappa shape index (κ2) is 7.96. The second-order valence-electron chi connectivity index (χ2n) is 5.69. The fourth-order valence-corrected chi connectivity index (χ4v) is 3.11. The van der Waals surface area contributed by atoms with Crippen LogP contribution in [0.3, 0.4) is 0 Å². The third kappa shape index (κ3) is 4.40. The van der Waals surface area contributed by atoms with Crippen LogP contribution in [0.25, 0.3) is 0 Å². The summed E-state index contributed by atoms with van der Waals surface area (Å²) in [7, 11) is 0. The van der Waals surface area contributed by atoms with Crippen LogP contribution in [0.1, 0.15) is 66.2 Å². The summed E-state index contributed by atoms with van der Waals surface area (Å²) >= 11 is 0. The van der Waals surface area contributed by atoms with Crippen molar-refractivity contribution in [3.05, 3.63) is 11.6 Å². The molecule has 0 aliphatic heterocycles. The summed E-state index contributed by atoms with van der Waals surface area (Å²) in [5.41, 5.74) is 1.41. The largest absolute Gasteiger partial charge is 0.373 e. The van der Waals surface area contributed by atoms with Crippen molar-refractivity contribution < 1.29 is 4.74 Å². The number of ether oxygens (including phenoxy) is 1. The van der Waals surface area contributed by atoms with Crippen LogP contribution in [0.15, 0.2) is 11.6 Å². The molecule has 2 nitrogen and oxygen atoms in total. The highest BCUT2D eigenvalue weighted by Gasteiger charge is 2.38. The second-order valence-corrected chi connectivity index (χ2v) is 5.69. The predicted molar refractivity (Wildman–Crippen MR) is 79.0 cm³/mol. The molecule has 0 radical (unpaired) electrons. The summed E-state index contributed by atoms with van der Waals surface area (Å²) in [5, 5.41) is 3.64. The molecule has 0 aromatic heterocycles. The van der Waals surface area contributed by atoms with Gasteiger partial charge in [-0.15, -0.1) is 0 Å². The SMILES string of the molecule is CCNC(C=C(C)C)C1(OCC)CCCCCC1. The molecule has 106 valence electrons. The van der Waals surface area contributed by atoms with E-state index in [0.717, 1.165) is 13.2 Å². The molecule has 0 saturated heterocycles. The van der Waals surface area contributed by atoms with E-state index in [1.54, 1.807) is 0 Å². The summed E-state index contributed by atoms with van der Waals surface area (Å²) in [6.45, 7) is 10.5. The number of nitrogens with one attached hydrogen (secondary N) is 1. The molecule has 1 fully saturated rings. The van der Waals surface area contributed by atoms with Crippen molar-refractivity contribution in [2.24, 2.45) is 0 Å². The summed E-state index contributed by atoms with van der Waals surface area (Å²) < 4.78 is 6.26. The zero-order valence-corrected chi connectivity index (χ0v) is 12.7. The van der Waals surface area contributed by atoms with Crippen molar-refractivity contribution >= 4 is 0 Å². The summed E-state index contributed by atoms with van der Waals surface area (Å²) in [6.07, 6.45) is 10.1. The van der Waals surface area contributed by atoms with Crippen molar-refractivity contribution in [1.82, 2.24) is 5.32 Å². The van der Waals surface area contributed by atoms with Gasteiger partial charge in [0.25, 0.3) is 0 Å². The van der Waals surface area contributed by atoms with Gasteiger partial charge in [-0.3, -0.25) is 0 Å². The maximum atomic E-state index is 6.26. The maximum Gasteiger partial charge on any atom is 0.0870 e. The minimum atomic E-state index is 0.0263. The Hall–Kier alpha value is -0.340. The smallest absolute Gasteiger partial charge is 0.0870 e. The Morgan fingerprint density at radius 3 is 2.22 bits per heavy atom. The van der Waals surface area contributed by atoms with E-state index >= 15 is 0 Å². The first-order valence-corrected chi connectivity index (χ1v) is 7.67. The van der Waals surface area contributed by atoms with Gasteiger partial charge in [-0.05, 0) is 40.2 Å². The van der Waals surface area contributed by atoms with Gasteiger partial charge in [-0.2, -0.15) is 0 Å². The molecular formula is C16H31NO. The summed E-state index contributed by atoms with van der Waals surface area (Å²) in [4.78, 5) is 0. The Kier molecular flexibility index (Phi) is 6.95. The molecule has 1 atom stereocenters. The zero-order chi connectivity index (χ0) is 13.4. The number of likely N-dealkylation sites (N-methyl/N-ethyl adjacent to an activating group) is 1. The number of hydrogen-bond donors (Lipinski definition) is 1. The van der Waals surface area contributed by atoms with Crippen LogP contribution >= 0.6 is 0 Å². The van der Waals surface area contributed by atoms with Gasteiger partial charge in [0.05, 0.1) is 11.6 Å². The third-order valence-corrected chi connectivity index (χ3v) is 3.87. The van der Waals surface area contributed by atoms with Crippen LogP contribution in [0, 0.1) is 0 Å². The number of hydrogen-bond acceptors (Lipinski definition) is 2. The Balaban J connectivity index is 2.92. The summed E-state index contributed by atoms with van der Waals surface area (Å²) in [6, 6.07) is 0.366. The topological polar surface area (TPSA) is 21.3 Å². The fourth-order valence-electron chi connectivity index (χ4n) is 3.11. The van der Waals surface area contributed by atoms with Gasteiger partial charge >= 0.3 is 0 Å². The highest BCUT2D eigenvalue weighted by molar-refractivity contribution is 5.10. The quantitative estimate of drug-likeness (QED) is 0.569. The van der Waals surface area contributed by atoms with Gasteiger partial charge in [-0.1, -0.05) is 44.3 Å². The Bertz CT molecular complexity index is 248. The molecule has 0 heterocycles. The number of allylic oxidation sites excluding steroid dienone is 1. The molecule has 1 unspecified atom stereocenters. The highest BCUT2D eigenvalue weighted by Crippen LogP contribution is 2.34. The fraction of sp³-hybridized carbons (Fsp3) is 0.875. The van der Waals surface area contributed by atoms with E-state index in [9.17, 15) is 0 Å². The first-order valence-electron chi connectivity index (χ1n) is 7.67. The van der Waals surface area contributed by atoms with Gasteiger partial charge in [-0.25, -0.2) is 0 Å². The van der Waals surface area contributed by atoms with E-state index in [1.165, 1.54) is 44.1 Å². The highest BCUT2D eigenvalue weighted by atomic mass is 16.5. The van der Waals surface area contributed by atoms with E-state index in [0.29, 0.717) is 6.04 Å². The standard InChI is InChI=1S/C16H31NO/c1-5-17-15(13-14(3)4)16(18-6-2)11-9-7-8-10-12-16/h13,15,17H,5-12H2,1-4H3. The van der Waals surface area contributed by atoms with Crippen molar-refractivity contribution in [3.8, 4) is 0 Å². The van der Waals surface area contributed by atoms with E-state index in [-0.39, 0.29) is 5.60 Å². The molecule has 1 saturated carbocycles. The van der Waals surface area contributed by atoms with E-state index < -0.39 is 0 Å². The van der Waals surface area contributed by atoms with Crippen molar-refractivity contribution in [1.29, 1.82) is 0 Å². The van der Waals surface area contributed by atoms with E-state index in [4.69, 9.17) is 4.74 Å². The normalized spacial score (nSPS) is 21.1. The number of rotatable bonds is 6. The first-order chi connectivity index (χ1) is 8.64. The van der Waals surface area contributed by atoms with Gasteiger partial charge in [0, 0.05) is 6.61 Å². The van der Waals surface area contributed by atoms with Crippen LogP contribution < -0.4 is 5.32 Å². The molecule has 0 aromatic rings. The molecule has 1 aliphatic rings. The van der Waals surface area contributed by atoms with Crippen molar-refractivity contribution in [3.63, 3.8) is 0 Å². The monoisotopic (exact) mass is 253 g/mol. The molecule has 0 spiro atoms. The van der Waals surface area contributed by atoms with Crippen molar-refractivity contribution in [2.75, 3.05) is 13.2 Å². The Labute approximate surface area is 113 Å². The Morgan fingerprint density at radius 1 is 1.17 bits per heavy atom. The average Bonchev–Trinajstić information content (AvgIpc) is 2.55. The van der Waals surface area contributed by atoms with Crippen LogP contribution in [-0.2, 0) is 4.74 Å². The first kappa shape index (κ1) is 15.7. The molecule has 0 aromatic carbocycles. The summed E-state index contributed by atoms with van der Waals surface area (Å²) in [5.74, 6) is 0. The van der Waals surface area contributed by atoms with Gasteiger partial charge in [0.15, 0.2) is 0 Å². The van der Waals surface area contributed by atoms with Crippen molar-refractivity contribution in [2.45, 2.75) is 77.9 Å². The lowest BCUT2D eigenvalue weighted by Gasteiger charge is -2.39. The molecule has 0 bridgehead atoms. The lowest BCUT2D eigenvalue weighted by molar-refractivity contribution is -0.0660. The van der Waals surface area contributed by atoms with Gasteiger partial charge in [0.2, 0.25) is 0 Å². The van der Waals surface area contributed by atoms with Crippen LogP contribution in [0.5, 0.6) is 0 Å². The lowest BCUT2D eigenvalue weighted by atomic mass is 9.85. The molecule has 18 heavy (non-hydrogen) atoms. The molecule has 1 rings (SSSR count). The molecular weight excluding hydrogens is 222 g/mol. The van der Waals surface area contributed by atoms with Crippen LogP contribution in [0.4, 0.5) is 0 Å². The zero-order valence-electron chi connectivity index (χ0n) is 12.7. The van der Waals surface area contributed by atoms with E-state index in [2.05, 4.69) is 39.1 Å². The Morgan fingerprint density at radius 2 is 1.78 bits per heavy atom. The molecule has 1 N–H and O–H groups in total. The van der Waals surface area contributed by atoms with E-state index in [1.807, 2.05) is 0 Å². The average molecular weight is 253 g/mol. The molecule has 0 amide bonds.